The van der Waals surface area contributed by atoms with Gasteiger partial charge in [-0.05, 0) is 24.1 Å². The summed E-state index contributed by atoms with van der Waals surface area (Å²) in [6, 6.07) is 4.66. The van der Waals surface area contributed by atoms with E-state index in [-0.39, 0.29) is 5.02 Å². The highest BCUT2D eigenvalue weighted by atomic mass is 35.5. The summed E-state index contributed by atoms with van der Waals surface area (Å²) in [7, 11) is 0. The third-order valence-electron chi connectivity index (χ3n) is 2.22. The van der Waals surface area contributed by atoms with Gasteiger partial charge in [0.2, 0.25) is 0 Å². The maximum Gasteiger partial charge on any atom is 0.161 e. The fraction of sp³-hybridized carbons (Fsp3) is 0.364. The first-order valence-electron chi connectivity index (χ1n) is 5.04. The Kier molecular flexibility index (Phi) is 3.71. The summed E-state index contributed by atoms with van der Waals surface area (Å²) >= 11 is 7.26. The van der Waals surface area contributed by atoms with Crippen LogP contribution in [0.25, 0.3) is 0 Å². The summed E-state index contributed by atoms with van der Waals surface area (Å²) in [5, 5.41) is 4.07. The molecule has 1 N–H and O–H groups in total. The maximum atomic E-state index is 13.2. The monoisotopic (exact) mass is 258 g/mol. The van der Waals surface area contributed by atoms with Gasteiger partial charge in [-0.25, -0.2) is 4.39 Å². The van der Waals surface area contributed by atoms with Crippen molar-refractivity contribution >= 4 is 34.2 Å². The first-order chi connectivity index (χ1) is 7.65. The number of amidine groups is 1. The number of nitrogens with one attached hydrogen (secondary N) is 1. The summed E-state index contributed by atoms with van der Waals surface area (Å²) < 4.78 is 13.2. The van der Waals surface area contributed by atoms with E-state index in [1.165, 1.54) is 12.1 Å². The largest absolute Gasteiger partial charge is 0.335 e. The van der Waals surface area contributed by atoms with E-state index < -0.39 is 5.82 Å². The molecule has 16 heavy (non-hydrogen) atoms. The Morgan fingerprint density at radius 1 is 1.56 bits per heavy atom. The average molecular weight is 259 g/mol. The van der Waals surface area contributed by atoms with Crippen molar-refractivity contribution in [3.63, 3.8) is 0 Å². The van der Waals surface area contributed by atoms with Crippen LogP contribution in [-0.2, 0) is 0 Å². The number of nitrogens with zero attached hydrogens (tertiary/aromatic N) is 1. The quantitative estimate of drug-likeness (QED) is 0.832. The van der Waals surface area contributed by atoms with Crippen LogP contribution in [-0.4, -0.2) is 17.5 Å². The van der Waals surface area contributed by atoms with Gasteiger partial charge in [-0.1, -0.05) is 30.3 Å². The van der Waals surface area contributed by atoms with Gasteiger partial charge in [0.1, 0.15) is 5.82 Å². The summed E-state index contributed by atoms with van der Waals surface area (Å²) in [5.41, 5.74) is 0.683. The standard InChI is InChI=1S/C11H12ClFN2S/c1-7-5-14-11(16-6-7)15-8-2-3-9(12)10(13)4-8/h2-4,7H,5-6H2,1H3,(H,14,15). The molecular formula is C11H12ClFN2S. The number of benzene rings is 1. The number of aliphatic imine (C=N–C) groups is 1. The maximum absolute atomic E-state index is 13.2. The minimum atomic E-state index is -0.415. The average Bonchev–Trinajstić information content (AvgIpc) is 2.27. The van der Waals surface area contributed by atoms with Crippen LogP contribution in [0.15, 0.2) is 23.2 Å². The van der Waals surface area contributed by atoms with E-state index in [0.717, 1.165) is 17.5 Å². The fourth-order valence-electron chi connectivity index (χ4n) is 1.33. The first kappa shape index (κ1) is 11.7. The van der Waals surface area contributed by atoms with Crippen LogP contribution < -0.4 is 5.32 Å². The molecule has 1 aromatic rings. The Morgan fingerprint density at radius 3 is 3.00 bits per heavy atom. The molecule has 2 rings (SSSR count). The highest BCUT2D eigenvalue weighted by molar-refractivity contribution is 8.14. The van der Waals surface area contributed by atoms with E-state index in [2.05, 4.69) is 17.2 Å². The fourth-order valence-corrected chi connectivity index (χ4v) is 2.35. The molecule has 0 saturated heterocycles. The van der Waals surface area contributed by atoms with E-state index in [9.17, 15) is 4.39 Å². The summed E-state index contributed by atoms with van der Waals surface area (Å²) in [5.74, 6) is 1.24. The molecule has 1 aliphatic heterocycles. The van der Waals surface area contributed by atoms with E-state index in [4.69, 9.17) is 11.6 Å². The number of rotatable bonds is 1. The lowest BCUT2D eigenvalue weighted by Gasteiger charge is -2.17. The van der Waals surface area contributed by atoms with Crippen molar-refractivity contribution in [3.05, 3.63) is 29.0 Å². The lowest BCUT2D eigenvalue weighted by Crippen LogP contribution is -2.18. The highest BCUT2D eigenvalue weighted by Gasteiger charge is 2.12. The van der Waals surface area contributed by atoms with Crippen LogP contribution in [0, 0.1) is 11.7 Å². The molecular weight excluding hydrogens is 247 g/mol. The van der Waals surface area contributed by atoms with Crippen molar-refractivity contribution in [1.29, 1.82) is 0 Å². The Hall–Kier alpha value is -0.740. The minimum absolute atomic E-state index is 0.136. The predicted molar refractivity (Wildman–Crippen MR) is 69.0 cm³/mol. The molecule has 1 aromatic carbocycles. The van der Waals surface area contributed by atoms with Gasteiger partial charge in [0.15, 0.2) is 5.17 Å². The summed E-state index contributed by atoms with van der Waals surface area (Å²) in [4.78, 5) is 4.37. The normalized spacial score (nSPS) is 20.4. The zero-order chi connectivity index (χ0) is 11.5. The van der Waals surface area contributed by atoms with E-state index in [1.54, 1.807) is 17.8 Å². The lowest BCUT2D eigenvalue weighted by molar-refractivity contribution is 0.629. The Bertz CT molecular complexity index is 422. The molecule has 1 unspecified atom stereocenters. The zero-order valence-electron chi connectivity index (χ0n) is 8.84. The smallest absolute Gasteiger partial charge is 0.161 e. The van der Waals surface area contributed by atoms with Crippen LogP contribution >= 0.6 is 23.4 Å². The highest BCUT2D eigenvalue weighted by Crippen LogP contribution is 2.22. The molecule has 0 fully saturated rings. The predicted octanol–water partition coefficient (Wildman–Crippen LogP) is 3.63. The Balaban J connectivity index is 2.06. The number of hydrogen-bond acceptors (Lipinski definition) is 3. The van der Waals surface area contributed by atoms with Gasteiger partial charge in [-0.15, -0.1) is 0 Å². The van der Waals surface area contributed by atoms with Crippen LogP contribution in [0.4, 0.5) is 10.1 Å². The van der Waals surface area contributed by atoms with Gasteiger partial charge < -0.3 is 5.32 Å². The van der Waals surface area contributed by atoms with Gasteiger partial charge >= 0.3 is 0 Å². The minimum Gasteiger partial charge on any atom is -0.335 e. The molecule has 86 valence electrons. The van der Waals surface area contributed by atoms with Crippen LogP contribution in [0.2, 0.25) is 5.02 Å². The molecule has 1 heterocycles. The number of anilines is 1. The molecule has 0 amide bonds. The molecule has 2 nitrogen and oxygen atoms in total. The third kappa shape index (κ3) is 2.89. The second-order valence-electron chi connectivity index (χ2n) is 3.82. The molecule has 5 heteroatoms. The number of hydrogen-bond donors (Lipinski definition) is 1. The molecule has 0 aromatic heterocycles. The number of halogens is 2. The zero-order valence-corrected chi connectivity index (χ0v) is 10.4. The van der Waals surface area contributed by atoms with E-state index in [1.807, 2.05) is 0 Å². The Labute approximate surface area is 103 Å². The van der Waals surface area contributed by atoms with Crippen molar-refractivity contribution in [3.8, 4) is 0 Å². The van der Waals surface area contributed by atoms with Crippen LogP contribution in [0.1, 0.15) is 6.92 Å². The van der Waals surface area contributed by atoms with Crippen molar-refractivity contribution < 1.29 is 4.39 Å². The van der Waals surface area contributed by atoms with E-state index in [0.29, 0.717) is 11.6 Å². The molecule has 1 atom stereocenters. The summed E-state index contributed by atoms with van der Waals surface area (Å²) in [6.07, 6.45) is 0. The molecule has 0 radical (unpaired) electrons. The van der Waals surface area contributed by atoms with Crippen molar-refractivity contribution in [2.45, 2.75) is 6.92 Å². The lowest BCUT2D eigenvalue weighted by atomic mass is 10.2. The van der Waals surface area contributed by atoms with Gasteiger partial charge in [-0.2, -0.15) is 0 Å². The van der Waals surface area contributed by atoms with Gasteiger partial charge in [0.05, 0.1) is 5.02 Å². The van der Waals surface area contributed by atoms with Crippen molar-refractivity contribution in [2.24, 2.45) is 10.9 Å². The summed E-state index contributed by atoms with van der Waals surface area (Å²) in [6.45, 7) is 2.99. The van der Waals surface area contributed by atoms with Gasteiger partial charge in [0, 0.05) is 18.0 Å². The SMILES string of the molecule is CC1CN=C(Nc2ccc(Cl)c(F)c2)SC1. The topological polar surface area (TPSA) is 24.4 Å². The molecule has 0 spiro atoms. The van der Waals surface area contributed by atoms with E-state index >= 15 is 0 Å². The van der Waals surface area contributed by atoms with Crippen LogP contribution in [0.5, 0.6) is 0 Å². The molecule has 0 aliphatic carbocycles. The molecule has 0 bridgehead atoms. The molecule has 1 aliphatic rings. The number of thioether (sulfide) groups is 1. The van der Waals surface area contributed by atoms with Gasteiger partial charge in [-0.3, -0.25) is 4.99 Å². The van der Waals surface area contributed by atoms with Gasteiger partial charge in [0.25, 0.3) is 0 Å². The Morgan fingerprint density at radius 2 is 2.38 bits per heavy atom. The molecule has 0 saturated carbocycles. The third-order valence-corrected chi connectivity index (χ3v) is 3.77. The second-order valence-corrected chi connectivity index (χ2v) is 5.23. The van der Waals surface area contributed by atoms with Crippen molar-refractivity contribution in [1.82, 2.24) is 0 Å². The second kappa shape index (κ2) is 5.06. The first-order valence-corrected chi connectivity index (χ1v) is 6.41. The van der Waals surface area contributed by atoms with Crippen molar-refractivity contribution in [2.75, 3.05) is 17.6 Å². The van der Waals surface area contributed by atoms with Crippen LogP contribution in [0.3, 0.4) is 0 Å².